The summed E-state index contributed by atoms with van der Waals surface area (Å²) in [4.78, 5) is 30.0. The van der Waals surface area contributed by atoms with E-state index in [1.54, 1.807) is 24.5 Å². The third kappa shape index (κ3) is 4.69. The molecule has 0 saturated heterocycles. The zero-order chi connectivity index (χ0) is 20.8. The molecule has 3 rings (SSSR count). The topological polar surface area (TPSA) is 101 Å². The average Bonchev–Trinajstić information content (AvgIpc) is 3.03. The van der Waals surface area contributed by atoms with E-state index in [-0.39, 0.29) is 43.3 Å². The number of aromatic nitrogens is 1. The van der Waals surface area contributed by atoms with E-state index in [9.17, 15) is 14.0 Å². The summed E-state index contributed by atoms with van der Waals surface area (Å²) < 4.78 is 24.4. The van der Waals surface area contributed by atoms with Gasteiger partial charge in [-0.15, -0.1) is 0 Å². The number of ether oxygens (including phenoxy) is 2. The number of aliphatic hydroxyl groups is 1. The molecular formula is C20H20FN3O5. The average molecular weight is 401 g/mol. The molecule has 0 aliphatic carbocycles. The molecule has 1 aromatic heterocycles. The van der Waals surface area contributed by atoms with Crippen LogP contribution in [-0.4, -0.2) is 53.7 Å². The molecule has 29 heavy (non-hydrogen) atoms. The van der Waals surface area contributed by atoms with Crippen LogP contribution in [0.5, 0.6) is 5.75 Å². The summed E-state index contributed by atoms with van der Waals surface area (Å²) >= 11 is 0. The van der Waals surface area contributed by atoms with Crippen LogP contribution in [-0.2, 0) is 20.9 Å². The number of nitrogens with one attached hydrogen (secondary N) is 1. The van der Waals surface area contributed by atoms with Gasteiger partial charge < -0.3 is 24.8 Å². The third-order valence-corrected chi connectivity index (χ3v) is 4.30. The van der Waals surface area contributed by atoms with Gasteiger partial charge in [0.15, 0.2) is 0 Å². The number of esters is 1. The molecule has 0 spiro atoms. The summed E-state index contributed by atoms with van der Waals surface area (Å²) in [5.74, 6) is -1.42. The Kier molecular flexibility index (Phi) is 6.40. The lowest BCUT2D eigenvalue weighted by atomic mass is 10.2. The number of carbonyl (C=O) groups excluding carboxylic acids is 2. The highest BCUT2D eigenvalue weighted by Crippen LogP contribution is 2.30. The van der Waals surface area contributed by atoms with Gasteiger partial charge in [-0.05, 0) is 29.8 Å². The first-order chi connectivity index (χ1) is 14.0. The lowest BCUT2D eigenvalue weighted by Crippen LogP contribution is -2.31. The van der Waals surface area contributed by atoms with Crippen molar-refractivity contribution in [1.82, 2.24) is 9.88 Å². The molecule has 0 unspecified atom stereocenters. The Bertz CT molecular complexity index is 933. The zero-order valence-electron chi connectivity index (χ0n) is 15.7. The molecule has 8 nitrogen and oxygen atoms in total. The van der Waals surface area contributed by atoms with Crippen LogP contribution in [0, 0.1) is 5.82 Å². The van der Waals surface area contributed by atoms with Crippen molar-refractivity contribution in [2.45, 2.75) is 6.61 Å². The maximum Gasteiger partial charge on any atom is 0.337 e. The van der Waals surface area contributed by atoms with Crippen LogP contribution >= 0.6 is 0 Å². The van der Waals surface area contributed by atoms with E-state index < -0.39 is 17.7 Å². The first kappa shape index (κ1) is 20.3. The normalized spacial score (nSPS) is 13.6. The minimum absolute atomic E-state index is 0.0169. The first-order valence-electron chi connectivity index (χ1n) is 8.83. The van der Waals surface area contributed by atoms with Gasteiger partial charge in [-0.25, -0.2) is 9.18 Å². The Balaban J connectivity index is 1.88. The number of hydrogen-bond acceptors (Lipinski definition) is 7. The summed E-state index contributed by atoms with van der Waals surface area (Å²) in [6, 6.07) is 7.40. The van der Waals surface area contributed by atoms with Crippen LogP contribution in [0.3, 0.4) is 0 Å². The number of halogens is 1. The van der Waals surface area contributed by atoms with Crippen molar-refractivity contribution < 1.29 is 28.6 Å². The summed E-state index contributed by atoms with van der Waals surface area (Å²) in [6.07, 6.45) is 3.26. The van der Waals surface area contributed by atoms with Crippen molar-refractivity contribution in [2.75, 3.05) is 32.1 Å². The molecule has 0 radical (unpaired) electrons. The Hall–Kier alpha value is -3.46. The summed E-state index contributed by atoms with van der Waals surface area (Å²) in [7, 11) is 1.21. The van der Waals surface area contributed by atoms with Gasteiger partial charge >= 0.3 is 5.97 Å². The molecule has 0 fully saturated rings. The number of nitrogens with zero attached hydrogens (tertiary/aromatic N) is 2. The standard InChI is InChI=1S/C20H20FN3O5/c1-28-20(27)15-11-24(8-9-25)19(26)18(15)23-16-10-14(21)2-3-17(16)29-12-13-4-6-22-7-5-13/h2-7,10,23,25H,8-9,11-12H2,1H3. The predicted octanol–water partition coefficient (Wildman–Crippen LogP) is 1.47. The van der Waals surface area contributed by atoms with E-state index >= 15 is 0 Å². The predicted molar refractivity (Wildman–Crippen MR) is 101 cm³/mol. The van der Waals surface area contributed by atoms with Crippen molar-refractivity contribution in [3.63, 3.8) is 0 Å². The first-order valence-corrected chi connectivity index (χ1v) is 8.83. The van der Waals surface area contributed by atoms with Gasteiger partial charge in [0, 0.05) is 25.0 Å². The van der Waals surface area contributed by atoms with Crippen molar-refractivity contribution >= 4 is 17.6 Å². The summed E-state index contributed by atoms with van der Waals surface area (Å²) in [6.45, 7) is -0.0139. The molecule has 1 aromatic carbocycles. The number of amides is 1. The number of rotatable bonds is 8. The fourth-order valence-corrected chi connectivity index (χ4v) is 2.85. The molecule has 2 N–H and O–H groups in total. The van der Waals surface area contributed by atoms with Crippen LogP contribution in [0.1, 0.15) is 5.56 Å². The number of pyridine rings is 1. The lowest BCUT2D eigenvalue weighted by molar-refractivity contribution is -0.136. The van der Waals surface area contributed by atoms with E-state index in [1.807, 2.05) is 0 Å². The minimum Gasteiger partial charge on any atom is -0.487 e. The highest BCUT2D eigenvalue weighted by Gasteiger charge is 2.34. The number of carbonyl (C=O) groups is 2. The fourth-order valence-electron chi connectivity index (χ4n) is 2.85. The van der Waals surface area contributed by atoms with Crippen molar-refractivity contribution in [1.29, 1.82) is 0 Å². The Morgan fingerprint density at radius 2 is 2.07 bits per heavy atom. The second kappa shape index (κ2) is 9.16. The van der Waals surface area contributed by atoms with Crippen molar-refractivity contribution in [3.05, 3.63) is 65.4 Å². The maximum atomic E-state index is 13.9. The quantitative estimate of drug-likeness (QED) is 0.646. The van der Waals surface area contributed by atoms with Gasteiger partial charge in [0.25, 0.3) is 5.91 Å². The van der Waals surface area contributed by atoms with Crippen LogP contribution in [0.2, 0.25) is 0 Å². The van der Waals surface area contributed by atoms with Gasteiger partial charge in [-0.2, -0.15) is 0 Å². The van der Waals surface area contributed by atoms with Crippen LogP contribution in [0.25, 0.3) is 0 Å². The number of benzene rings is 1. The van der Waals surface area contributed by atoms with E-state index in [4.69, 9.17) is 14.6 Å². The summed E-state index contributed by atoms with van der Waals surface area (Å²) in [5, 5.41) is 12.0. The molecule has 1 aliphatic rings. The molecule has 9 heteroatoms. The molecule has 152 valence electrons. The second-order valence-electron chi connectivity index (χ2n) is 6.21. The molecule has 0 bridgehead atoms. The Morgan fingerprint density at radius 3 is 2.76 bits per heavy atom. The largest absolute Gasteiger partial charge is 0.487 e. The number of β-amino-alcohol motifs (C(OH)–C–C–N with tert-alkyl or cyclic N) is 1. The van der Waals surface area contributed by atoms with Gasteiger partial charge in [-0.1, -0.05) is 0 Å². The maximum absolute atomic E-state index is 13.9. The van der Waals surface area contributed by atoms with Crippen LogP contribution < -0.4 is 10.1 Å². The molecule has 1 aliphatic heterocycles. The Labute approximate surface area is 166 Å². The van der Waals surface area contributed by atoms with Crippen molar-refractivity contribution in [2.24, 2.45) is 0 Å². The number of hydrogen-bond donors (Lipinski definition) is 2. The highest BCUT2D eigenvalue weighted by molar-refractivity contribution is 6.08. The van der Waals surface area contributed by atoms with E-state index in [1.165, 1.54) is 30.2 Å². The third-order valence-electron chi connectivity index (χ3n) is 4.30. The van der Waals surface area contributed by atoms with Gasteiger partial charge in [0.1, 0.15) is 23.9 Å². The fraction of sp³-hybridized carbons (Fsp3) is 0.250. The molecule has 0 atom stereocenters. The highest BCUT2D eigenvalue weighted by atomic mass is 19.1. The Morgan fingerprint density at radius 1 is 1.31 bits per heavy atom. The SMILES string of the molecule is COC(=O)C1=C(Nc2cc(F)ccc2OCc2ccncc2)C(=O)N(CCO)C1. The summed E-state index contributed by atoms with van der Waals surface area (Å²) in [5.41, 5.74) is 1.10. The molecule has 1 amide bonds. The van der Waals surface area contributed by atoms with E-state index in [0.29, 0.717) is 5.75 Å². The number of aliphatic hydroxyl groups excluding tert-OH is 1. The van der Waals surface area contributed by atoms with Gasteiger partial charge in [0.2, 0.25) is 0 Å². The number of methoxy groups -OCH3 is 1. The molecule has 2 heterocycles. The molecular weight excluding hydrogens is 381 g/mol. The second-order valence-corrected chi connectivity index (χ2v) is 6.21. The van der Waals surface area contributed by atoms with Crippen LogP contribution in [0.4, 0.5) is 10.1 Å². The molecule has 2 aromatic rings. The van der Waals surface area contributed by atoms with E-state index in [2.05, 4.69) is 10.3 Å². The van der Waals surface area contributed by atoms with Crippen molar-refractivity contribution in [3.8, 4) is 5.75 Å². The van der Waals surface area contributed by atoms with Crippen LogP contribution in [0.15, 0.2) is 54.0 Å². The molecule has 0 saturated carbocycles. The van der Waals surface area contributed by atoms with Gasteiger partial charge in [-0.3, -0.25) is 9.78 Å². The minimum atomic E-state index is -0.683. The smallest absolute Gasteiger partial charge is 0.337 e. The number of anilines is 1. The zero-order valence-corrected chi connectivity index (χ0v) is 15.7. The monoisotopic (exact) mass is 401 g/mol. The lowest BCUT2D eigenvalue weighted by Gasteiger charge is -2.16. The van der Waals surface area contributed by atoms with E-state index in [0.717, 1.165) is 5.56 Å². The van der Waals surface area contributed by atoms with Gasteiger partial charge in [0.05, 0.1) is 31.5 Å².